The fraction of sp³-hybridized carbons (Fsp3) is 0.429. The number of fused-ring (bicyclic) bond motifs is 1. The van der Waals surface area contributed by atoms with E-state index < -0.39 is 106 Å². The summed E-state index contributed by atoms with van der Waals surface area (Å²) in [6, 6.07) is -9.68. The number of phenolic OH excluding ortho intramolecular Hbond substituents is 1. The minimum Gasteiger partial charge on any atom is -0.508 e. The van der Waals surface area contributed by atoms with Gasteiger partial charge in [-0.25, -0.2) is 9.59 Å². The van der Waals surface area contributed by atoms with Crippen molar-refractivity contribution in [1.29, 1.82) is 0 Å². The maximum absolute atomic E-state index is 13.6. The SMILES string of the molecule is [2H]/C(C(=O)OC)=C(/N[C@@H](C(=O)N[C@@H]1C(=O)N2[C@@H]1SC(C)(C)[C@@H]2C(=O)O)c1c([2H])c([2H])c(O)c([2H])c1[2H])C([2H])([2H])[2H]. The van der Waals surface area contributed by atoms with E-state index >= 15 is 0 Å². The zero-order valence-corrected chi connectivity index (χ0v) is 17.9. The number of carbonyl (C=O) groups is 4. The largest absolute Gasteiger partial charge is 0.508 e. The van der Waals surface area contributed by atoms with Crippen LogP contribution in [0.15, 0.2) is 35.9 Å². The molecule has 2 aliphatic heterocycles. The Morgan fingerprint density at radius 3 is 2.59 bits per heavy atom. The van der Waals surface area contributed by atoms with Crippen molar-refractivity contribution in [2.24, 2.45) is 0 Å². The molecular weight excluding hydrogens is 438 g/mol. The summed E-state index contributed by atoms with van der Waals surface area (Å²) in [6.07, 6.45) is 0. The van der Waals surface area contributed by atoms with Gasteiger partial charge in [-0.2, -0.15) is 0 Å². The van der Waals surface area contributed by atoms with Gasteiger partial charge < -0.3 is 30.5 Å². The van der Waals surface area contributed by atoms with Crippen LogP contribution in [-0.2, 0) is 23.9 Å². The van der Waals surface area contributed by atoms with Crippen molar-refractivity contribution in [3.8, 4) is 5.75 Å². The van der Waals surface area contributed by atoms with Gasteiger partial charge in [-0.05, 0) is 38.3 Å². The molecule has 2 amide bonds. The molecule has 2 saturated heterocycles. The Labute approximate surface area is 200 Å². The third kappa shape index (κ3) is 4.38. The Hall–Kier alpha value is -3.21. The highest BCUT2D eigenvalue weighted by atomic mass is 32.2. The van der Waals surface area contributed by atoms with E-state index in [1.807, 2.05) is 0 Å². The minimum absolute atomic E-state index is 0.754. The highest BCUT2D eigenvalue weighted by Gasteiger charge is 2.64. The van der Waals surface area contributed by atoms with Gasteiger partial charge in [0.05, 0.1) is 14.0 Å². The lowest BCUT2D eigenvalue weighted by Gasteiger charge is -2.44. The molecular formula is C21H25N3O7S. The van der Waals surface area contributed by atoms with E-state index in [4.69, 9.17) is 11.0 Å². The predicted octanol–water partition coefficient (Wildman–Crippen LogP) is 0.731. The molecule has 32 heavy (non-hydrogen) atoms. The number of carboxylic acids is 1. The smallest absolute Gasteiger partial charge is 0.332 e. The van der Waals surface area contributed by atoms with Crippen LogP contribution in [0.3, 0.4) is 0 Å². The number of ether oxygens (including phenoxy) is 1. The molecule has 172 valence electrons. The van der Waals surface area contributed by atoms with Gasteiger partial charge in [-0.3, -0.25) is 9.59 Å². The molecule has 11 heteroatoms. The highest BCUT2D eigenvalue weighted by Crippen LogP contribution is 2.50. The Morgan fingerprint density at radius 2 is 2.03 bits per heavy atom. The summed E-state index contributed by atoms with van der Waals surface area (Å²) in [5.74, 6) is -5.73. The lowest BCUT2D eigenvalue weighted by molar-refractivity contribution is -0.161. The van der Waals surface area contributed by atoms with Gasteiger partial charge in [0.15, 0.2) is 0 Å². The number of thioether (sulfide) groups is 1. The molecule has 1 aromatic carbocycles. The molecule has 3 rings (SSSR count). The number of carboxylic acid groups (broad SMARTS) is 1. The van der Waals surface area contributed by atoms with Gasteiger partial charge >= 0.3 is 11.9 Å². The molecule has 10 nitrogen and oxygen atoms in total. The monoisotopic (exact) mass is 471 g/mol. The molecule has 0 spiro atoms. The molecule has 2 heterocycles. The fourth-order valence-electron chi connectivity index (χ4n) is 3.44. The summed E-state index contributed by atoms with van der Waals surface area (Å²) in [7, 11) is 0.875. The van der Waals surface area contributed by atoms with E-state index in [1.54, 1.807) is 13.8 Å². The van der Waals surface area contributed by atoms with Crippen LogP contribution < -0.4 is 10.6 Å². The van der Waals surface area contributed by atoms with Gasteiger partial charge in [-0.1, -0.05) is 12.1 Å². The van der Waals surface area contributed by atoms with E-state index in [2.05, 4.69) is 15.4 Å². The van der Waals surface area contributed by atoms with Crippen molar-refractivity contribution >= 4 is 35.5 Å². The van der Waals surface area contributed by atoms with Crippen LogP contribution >= 0.6 is 11.8 Å². The van der Waals surface area contributed by atoms with E-state index in [1.165, 1.54) is 0 Å². The van der Waals surface area contributed by atoms with Crippen LogP contribution in [0.2, 0.25) is 0 Å². The summed E-state index contributed by atoms with van der Waals surface area (Å²) in [5, 5.41) is 23.2. The van der Waals surface area contributed by atoms with E-state index in [0.29, 0.717) is 0 Å². The Kier molecular flexibility index (Phi) is 4.03. The number of hydrogen-bond acceptors (Lipinski definition) is 8. The number of allylic oxidation sites excluding steroid dienone is 1. The molecule has 0 bridgehead atoms. The number of rotatable bonds is 7. The van der Waals surface area contributed by atoms with Gasteiger partial charge in [0.1, 0.15) is 29.2 Å². The minimum atomic E-state index is -3.25. The first kappa shape index (κ1) is 14.8. The van der Waals surface area contributed by atoms with Gasteiger partial charge in [0, 0.05) is 20.6 Å². The quantitative estimate of drug-likeness (QED) is 0.257. The van der Waals surface area contributed by atoms with Crippen LogP contribution in [-0.4, -0.2) is 68.2 Å². The molecule has 4 N–H and O–H groups in total. The third-order valence-corrected chi connectivity index (χ3v) is 6.43. The highest BCUT2D eigenvalue weighted by molar-refractivity contribution is 8.01. The van der Waals surface area contributed by atoms with Crippen LogP contribution in [0, 0.1) is 0 Å². The number of phenols is 1. The van der Waals surface area contributed by atoms with Crippen LogP contribution in [0.25, 0.3) is 0 Å². The number of carbonyl (C=O) groups excluding carboxylic acids is 3. The number of amides is 2. The van der Waals surface area contributed by atoms with Crippen LogP contribution in [0.1, 0.15) is 43.3 Å². The van der Waals surface area contributed by atoms with Crippen molar-refractivity contribution in [2.45, 2.75) is 48.9 Å². The number of nitrogens with zero attached hydrogens (tertiary/aromatic N) is 1. The lowest BCUT2D eigenvalue weighted by Crippen LogP contribution is -2.71. The maximum atomic E-state index is 13.6. The van der Waals surface area contributed by atoms with Gasteiger partial charge in [0.25, 0.3) is 0 Å². The number of benzene rings is 1. The molecule has 0 radical (unpaired) electrons. The maximum Gasteiger partial charge on any atom is 0.332 e. The third-order valence-electron chi connectivity index (χ3n) is 4.86. The number of hydrogen-bond donors (Lipinski definition) is 4. The molecule has 4 atom stereocenters. The molecule has 2 aliphatic rings. The van der Waals surface area contributed by atoms with Crippen LogP contribution in [0.5, 0.6) is 5.75 Å². The summed E-state index contributed by atoms with van der Waals surface area (Å²) in [4.78, 5) is 51.3. The lowest BCUT2D eigenvalue weighted by atomic mass is 9.95. The molecule has 2 fully saturated rings. The van der Waals surface area contributed by atoms with Crippen molar-refractivity contribution in [2.75, 3.05) is 7.11 Å². The molecule has 0 aliphatic carbocycles. The topological polar surface area (TPSA) is 145 Å². The van der Waals surface area contributed by atoms with Gasteiger partial charge in [0.2, 0.25) is 11.8 Å². The number of aromatic hydroxyl groups is 1. The summed E-state index contributed by atoms with van der Waals surface area (Å²) in [6.45, 7) is -0.0497. The second-order valence-electron chi connectivity index (χ2n) is 7.42. The van der Waals surface area contributed by atoms with Crippen molar-refractivity contribution in [3.05, 3.63) is 41.5 Å². The van der Waals surface area contributed by atoms with Crippen molar-refractivity contribution < 1.29 is 45.1 Å². The fourth-order valence-corrected chi connectivity index (χ4v) is 5.07. The second-order valence-corrected chi connectivity index (χ2v) is 9.19. The standard InChI is InChI=1S/C21H25N3O7S/c1-10(9-13(26)31-4)22-14(11-5-7-12(25)8-6-11)17(27)23-15-18(28)24-16(20(29)30)21(2,3)32-19(15)24/h5-9,14-16,19,22,25H,1-4H3,(H,23,27)(H,29,30)/b10-9-/t14-,15-,16+,19-/m1/s1/i1D3,5D,6D,7D,8D,9D. The molecule has 0 saturated carbocycles. The van der Waals surface area contributed by atoms with E-state index in [9.17, 15) is 29.4 Å². The Morgan fingerprint density at radius 1 is 1.38 bits per heavy atom. The predicted molar refractivity (Wildman–Crippen MR) is 115 cm³/mol. The summed E-state index contributed by atoms with van der Waals surface area (Å²) < 4.78 is 67.0. The molecule has 1 aromatic rings. The van der Waals surface area contributed by atoms with Crippen LogP contribution in [0.4, 0.5) is 0 Å². The zero-order chi connectivity index (χ0) is 30.6. The normalized spacial score (nSPS) is 29.0. The first-order chi connectivity index (χ1) is 18.3. The molecule has 0 unspecified atom stereocenters. The first-order valence-electron chi connectivity index (χ1n) is 13.2. The van der Waals surface area contributed by atoms with E-state index in [0.717, 1.165) is 23.8 Å². The number of nitrogens with one attached hydrogen (secondary N) is 2. The second kappa shape index (κ2) is 8.73. The molecule has 0 aromatic heterocycles. The number of esters is 1. The number of β-lactam (4-membered cyclic amide) rings is 1. The number of aliphatic carboxylic acids is 1. The first-order valence-corrected chi connectivity index (χ1v) is 10.0. The Balaban J connectivity index is 2.11. The van der Waals surface area contributed by atoms with E-state index in [-0.39, 0.29) is 0 Å². The average molecular weight is 472 g/mol. The summed E-state index contributed by atoms with van der Waals surface area (Å²) in [5.41, 5.74) is -1.88. The zero-order valence-electron chi connectivity index (χ0n) is 25.1. The van der Waals surface area contributed by atoms with Gasteiger partial charge in [-0.15, -0.1) is 11.8 Å². The Bertz CT molecular complexity index is 1310. The van der Waals surface area contributed by atoms with Crippen molar-refractivity contribution in [3.63, 3.8) is 0 Å². The average Bonchev–Trinajstić information content (AvgIpc) is 3.12. The summed E-state index contributed by atoms with van der Waals surface area (Å²) >= 11 is 1.09. The van der Waals surface area contributed by atoms with Crippen molar-refractivity contribution in [1.82, 2.24) is 15.5 Å². The number of methoxy groups -OCH3 is 1.